The minimum atomic E-state index is -4.55. The molecule has 1 aromatic carbocycles. The van der Waals surface area contributed by atoms with Gasteiger partial charge in [0, 0.05) is 4.75 Å². The molecule has 24 heavy (non-hydrogen) atoms. The fourth-order valence-electron chi connectivity index (χ4n) is 1.58. The minimum Gasteiger partial charge on any atom is -0.462 e. The summed E-state index contributed by atoms with van der Waals surface area (Å²) in [5.74, 6) is -0.832. The van der Waals surface area contributed by atoms with Crippen molar-refractivity contribution < 1.29 is 27.4 Å². The summed E-state index contributed by atoms with van der Waals surface area (Å²) in [6.07, 6.45) is -4.55. The molecule has 0 spiro atoms. The molecule has 0 bridgehead atoms. The highest BCUT2D eigenvalue weighted by atomic mass is 32.1. The van der Waals surface area contributed by atoms with Gasteiger partial charge in [-0.3, -0.25) is 0 Å². The van der Waals surface area contributed by atoms with Crippen molar-refractivity contribution in [3.05, 3.63) is 29.3 Å². The van der Waals surface area contributed by atoms with E-state index in [9.17, 15) is 18.0 Å². The maximum absolute atomic E-state index is 12.9. The minimum absolute atomic E-state index is 0.0601. The summed E-state index contributed by atoms with van der Waals surface area (Å²) >= 11 is 4.45. The van der Waals surface area contributed by atoms with Crippen molar-refractivity contribution in [1.82, 2.24) is 0 Å². The first-order valence-electron chi connectivity index (χ1n) is 7.41. The molecule has 0 saturated carbocycles. The first-order valence-corrected chi connectivity index (χ1v) is 7.86. The van der Waals surface area contributed by atoms with Gasteiger partial charge in [-0.2, -0.15) is 25.8 Å². The molecule has 0 unspecified atom stereocenters. The fraction of sp³-hybridized carbons (Fsp3) is 0.562. The molecular formula is C16H21BF3O3S. The lowest BCUT2D eigenvalue weighted by Crippen LogP contribution is -2.46. The number of alkyl halides is 3. The van der Waals surface area contributed by atoms with Gasteiger partial charge in [0.25, 0.3) is 0 Å². The molecule has 0 atom stereocenters. The summed E-state index contributed by atoms with van der Waals surface area (Å²) in [5, 5.41) is 0. The molecule has 133 valence electrons. The molecule has 0 amide bonds. The van der Waals surface area contributed by atoms with Crippen LogP contribution in [0.1, 0.15) is 50.5 Å². The molecule has 8 heteroatoms. The number of benzene rings is 1. The topological polar surface area (TPSA) is 35.5 Å². The molecule has 3 nitrogen and oxygen atoms in total. The van der Waals surface area contributed by atoms with Gasteiger partial charge in [0.05, 0.1) is 23.3 Å². The van der Waals surface area contributed by atoms with E-state index in [0.717, 1.165) is 12.1 Å². The third-order valence-corrected chi connectivity index (χ3v) is 4.37. The van der Waals surface area contributed by atoms with Crippen LogP contribution < -0.4 is 5.46 Å². The molecule has 1 radical (unpaired) electrons. The Hall–Kier alpha value is -1.15. The van der Waals surface area contributed by atoms with Gasteiger partial charge in [0.1, 0.15) is 0 Å². The van der Waals surface area contributed by atoms with Gasteiger partial charge in [0.2, 0.25) is 0 Å². The molecule has 1 rings (SSSR count). The van der Waals surface area contributed by atoms with Crippen LogP contribution in [-0.4, -0.2) is 30.4 Å². The van der Waals surface area contributed by atoms with E-state index < -0.39 is 28.1 Å². The fourth-order valence-corrected chi connectivity index (χ4v) is 1.63. The zero-order valence-corrected chi connectivity index (χ0v) is 15.2. The van der Waals surface area contributed by atoms with E-state index >= 15 is 0 Å². The highest BCUT2D eigenvalue weighted by molar-refractivity contribution is 7.81. The van der Waals surface area contributed by atoms with Crippen LogP contribution in [0.15, 0.2) is 18.2 Å². The first kappa shape index (κ1) is 20.9. The maximum Gasteiger partial charge on any atom is 0.416 e. The van der Waals surface area contributed by atoms with Gasteiger partial charge in [-0.15, -0.1) is 0 Å². The average Bonchev–Trinajstić information content (AvgIpc) is 2.43. The quantitative estimate of drug-likeness (QED) is 0.478. The molecule has 0 saturated heterocycles. The molecule has 0 aliphatic rings. The number of hydrogen-bond donors (Lipinski definition) is 1. The molecule has 1 aromatic rings. The van der Waals surface area contributed by atoms with E-state index in [-0.39, 0.29) is 17.6 Å². The Balaban J connectivity index is 3.16. The second kappa shape index (κ2) is 7.39. The van der Waals surface area contributed by atoms with Gasteiger partial charge in [0.15, 0.2) is 0 Å². The number of carbonyl (C=O) groups is 1. The van der Waals surface area contributed by atoms with Gasteiger partial charge in [-0.25, -0.2) is 4.79 Å². The molecular weight excluding hydrogens is 340 g/mol. The van der Waals surface area contributed by atoms with Crippen molar-refractivity contribution in [1.29, 1.82) is 0 Å². The van der Waals surface area contributed by atoms with Crippen molar-refractivity contribution in [2.75, 3.05) is 6.61 Å². The van der Waals surface area contributed by atoms with E-state index in [1.807, 2.05) is 13.8 Å². The maximum atomic E-state index is 12.9. The van der Waals surface area contributed by atoms with E-state index in [2.05, 4.69) is 12.6 Å². The summed E-state index contributed by atoms with van der Waals surface area (Å²) in [6.45, 7) is 8.93. The molecule has 0 N–H and O–H groups in total. The Morgan fingerprint density at radius 2 is 1.79 bits per heavy atom. The van der Waals surface area contributed by atoms with Crippen LogP contribution in [0.2, 0.25) is 0 Å². The van der Waals surface area contributed by atoms with Crippen LogP contribution in [0.5, 0.6) is 0 Å². The smallest absolute Gasteiger partial charge is 0.416 e. The third kappa shape index (κ3) is 5.18. The molecule has 0 fully saturated rings. The Morgan fingerprint density at radius 1 is 1.21 bits per heavy atom. The second-order valence-electron chi connectivity index (χ2n) is 6.33. The van der Waals surface area contributed by atoms with Crippen molar-refractivity contribution in [3.8, 4) is 0 Å². The van der Waals surface area contributed by atoms with Crippen LogP contribution in [0.4, 0.5) is 13.2 Å². The van der Waals surface area contributed by atoms with Gasteiger partial charge >= 0.3 is 19.6 Å². The Morgan fingerprint density at radius 3 is 2.25 bits per heavy atom. The number of rotatable bonds is 6. The SMILES string of the molecule is CCOC(=O)c1cc(C(F)(F)F)ccc1[B]OC(C)(C)C(C)(C)S. The number of esters is 1. The lowest BCUT2D eigenvalue weighted by atomic mass is 9.80. The molecule has 0 aliphatic heterocycles. The second-order valence-corrected chi connectivity index (χ2v) is 7.44. The van der Waals surface area contributed by atoms with Gasteiger partial charge in [-0.05, 0) is 46.1 Å². The Kier molecular flexibility index (Phi) is 6.44. The van der Waals surface area contributed by atoms with E-state index in [4.69, 9.17) is 9.39 Å². The predicted octanol–water partition coefficient (Wildman–Crippen LogP) is 3.63. The van der Waals surface area contributed by atoms with Crippen molar-refractivity contribution in [2.24, 2.45) is 0 Å². The van der Waals surface area contributed by atoms with E-state index in [1.165, 1.54) is 13.5 Å². The Labute approximate surface area is 146 Å². The van der Waals surface area contributed by atoms with Gasteiger partial charge in [-0.1, -0.05) is 12.1 Å². The zero-order valence-electron chi connectivity index (χ0n) is 14.3. The summed E-state index contributed by atoms with van der Waals surface area (Å²) in [7, 11) is 1.27. The Bertz CT molecular complexity index is 595. The van der Waals surface area contributed by atoms with Crippen LogP contribution in [0.3, 0.4) is 0 Å². The molecule has 0 aliphatic carbocycles. The van der Waals surface area contributed by atoms with Crippen LogP contribution in [0, 0.1) is 0 Å². The van der Waals surface area contributed by atoms with Crippen molar-refractivity contribution >= 4 is 31.5 Å². The standard InChI is InChI=1S/C16H21BF3O3S/c1-6-22-13(21)11-9-10(16(18,19)20)7-8-12(11)17-23-14(2,3)15(4,5)24/h7-9,24H,6H2,1-5H3. The largest absolute Gasteiger partial charge is 0.462 e. The van der Waals surface area contributed by atoms with Crippen molar-refractivity contribution in [3.63, 3.8) is 0 Å². The lowest BCUT2D eigenvalue weighted by molar-refractivity contribution is -0.137. The highest BCUT2D eigenvalue weighted by Crippen LogP contribution is 2.31. The third-order valence-electron chi connectivity index (χ3n) is 3.83. The average molecular weight is 361 g/mol. The summed E-state index contributed by atoms with van der Waals surface area (Å²) in [4.78, 5) is 12.0. The predicted molar refractivity (Wildman–Crippen MR) is 91.0 cm³/mol. The normalized spacial score (nSPS) is 12.9. The van der Waals surface area contributed by atoms with Crippen LogP contribution in [-0.2, 0) is 15.6 Å². The number of halogens is 3. The van der Waals surface area contributed by atoms with Crippen LogP contribution in [0.25, 0.3) is 0 Å². The van der Waals surface area contributed by atoms with E-state index in [1.54, 1.807) is 20.8 Å². The van der Waals surface area contributed by atoms with Gasteiger partial charge < -0.3 is 9.39 Å². The number of thiol groups is 1. The molecule has 0 aromatic heterocycles. The summed E-state index contributed by atoms with van der Waals surface area (Å²) < 4.78 is 48.6. The number of ether oxygens (including phenoxy) is 1. The first-order chi connectivity index (χ1) is 10.8. The van der Waals surface area contributed by atoms with Crippen molar-refractivity contribution in [2.45, 2.75) is 51.1 Å². The molecule has 0 heterocycles. The highest BCUT2D eigenvalue weighted by Gasteiger charge is 2.36. The number of carbonyl (C=O) groups excluding carboxylic acids is 1. The summed E-state index contributed by atoms with van der Waals surface area (Å²) in [6, 6.07) is 2.86. The van der Waals surface area contributed by atoms with E-state index in [0.29, 0.717) is 0 Å². The summed E-state index contributed by atoms with van der Waals surface area (Å²) in [5.41, 5.74) is -1.62. The lowest BCUT2D eigenvalue weighted by Gasteiger charge is -2.38. The zero-order chi connectivity index (χ0) is 18.8. The monoisotopic (exact) mass is 361 g/mol. The number of hydrogen-bond acceptors (Lipinski definition) is 4. The van der Waals surface area contributed by atoms with Crippen LogP contribution >= 0.6 is 12.6 Å².